The second-order valence-corrected chi connectivity index (χ2v) is 3.62. The molecule has 15 heavy (non-hydrogen) atoms. The summed E-state index contributed by atoms with van der Waals surface area (Å²) in [5.41, 5.74) is 0.413. The molecule has 0 fully saturated rings. The number of nitrogens with one attached hydrogen (secondary N) is 1. The predicted molar refractivity (Wildman–Crippen MR) is 61.5 cm³/mol. The number of nitro benzene ring substituents is 1. The topological polar surface area (TPSA) is 64.4 Å². The van der Waals surface area contributed by atoms with Crippen LogP contribution in [0, 0.1) is 10.1 Å². The van der Waals surface area contributed by atoms with Crippen LogP contribution in [0.5, 0.6) is 5.75 Å². The number of nitro groups is 1. The minimum absolute atomic E-state index is 0.0475. The van der Waals surface area contributed by atoms with Crippen molar-refractivity contribution in [2.45, 2.75) is 6.92 Å². The first kappa shape index (κ1) is 11.8. The van der Waals surface area contributed by atoms with Gasteiger partial charge in [-0.3, -0.25) is 10.1 Å². The third-order valence-corrected chi connectivity index (χ3v) is 2.46. The molecule has 0 unspecified atom stereocenters. The van der Waals surface area contributed by atoms with Gasteiger partial charge in [0.2, 0.25) is 5.75 Å². The first-order valence-electron chi connectivity index (χ1n) is 4.36. The van der Waals surface area contributed by atoms with Crippen LogP contribution in [0.1, 0.15) is 6.92 Å². The van der Waals surface area contributed by atoms with E-state index in [0.717, 1.165) is 0 Å². The molecular formula is C9H11BrN2O3. The number of benzene rings is 1. The molecule has 1 rings (SSSR count). The summed E-state index contributed by atoms with van der Waals surface area (Å²) in [5, 5.41) is 13.8. The summed E-state index contributed by atoms with van der Waals surface area (Å²) in [6.45, 7) is 2.49. The van der Waals surface area contributed by atoms with E-state index in [-0.39, 0.29) is 11.4 Å². The standard InChI is InChI=1S/C9H11BrN2O3/c1-3-11-7-5-4-6(10)9(15-2)8(7)12(13)14/h4-5,11H,3H2,1-2H3. The number of hydrogen-bond donors (Lipinski definition) is 1. The van der Waals surface area contributed by atoms with Gasteiger partial charge < -0.3 is 10.1 Å². The molecule has 0 aromatic heterocycles. The van der Waals surface area contributed by atoms with Crippen LogP contribution in [0.15, 0.2) is 16.6 Å². The number of nitrogens with zero attached hydrogens (tertiary/aromatic N) is 1. The van der Waals surface area contributed by atoms with Crippen molar-refractivity contribution in [2.75, 3.05) is 19.0 Å². The van der Waals surface area contributed by atoms with Gasteiger partial charge in [-0.25, -0.2) is 0 Å². The zero-order chi connectivity index (χ0) is 11.4. The van der Waals surface area contributed by atoms with Crippen LogP contribution >= 0.6 is 15.9 Å². The number of halogens is 1. The molecule has 5 nitrogen and oxygen atoms in total. The summed E-state index contributed by atoms with van der Waals surface area (Å²) in [6.07, 6.45) is 0. The molecule has 0 spiro atoms. The van der Waals surface area contributed by atoms with Crippen molar-refractivity contribution in [3.63, 3.8) is 0 Å². The summed E-state index contributed by atoms with van der Waals surface area (Å²) in [5.74, 6) is 0.235. The van der Waals surface area contributed by atoms with Crippen molar-refractivity contribution in [1.29, 1.82) is 0 Å². The molecule has 0 aliphatic heterocycles. The molecule has 6 heteroatoms. The summed E-state index contributed by atoms with van der Waals surface area (Å²) >= 11 is 3.20. The number of rotatable bonds is 4. The van der Waals surface area contributed by atoms with Crippen LogP contribution < -0.4 is 10.1 Å². The van der Waals surface area contributed by atoms with E-state index in [1.165, 1.54) is 7.11 Å². The highest BCUT2D eigenvalue weighted by Crippen LogP contribution is 2.40. The SMILES string of the molecule is CCNc1ccc(Br)c(OC)c1[N+](=O)[O-]. The fourth-order valence-electron chi connectivity index (χ4n) is 1.26. The van der Waals surface area contributed by atoms with Gasteiger partial charge in [0.15, 0.2) is 0 Å². The maximum Gasteiger partial charge on any atom is 0.334 e. The molecular weight excluding hydrogens is 264 g/mol. The van der Waals surface area contributed by atoms with Crippen molar-refractivity contribution < 1.29 is 9.66 Å². The number of hydrogen-bond acceptors (Lipinski definition) is 4. The Labute approximate surface area is 95.7 Å². The first-order valence-corrected chi connectivity index (χ1v) is 5.15. The van der Waals surface area contributed by atoms with E-state index in [1.54, 1.807) is 12.1 Å². The molecule has 1 N–H and O–H groups in total. The summed E-state index contributed by atoms with van der Waals surface area (Å²) in [4.78, 5) is 10.4. The number of methoxy groups -OCH3 is 1. The van der Waals surface area contributed by atoms with Crippen LogP contribution in [0.2, 0.25) is 0 Å². The van der Waals surface area contributed by atoms with E-state index < -0.39 is 4.92 Å². The lowest BCUT2D eigenvalue weighted by molar-refractivity contribution is -0.384. The van der Waals surface area contributed by atoms with Crippen molar-refractivity contribution >= 4 is 27.3 Å². The van der Waals surface area contributed by atoms with E-state index in [4.69, 9.17) is 4.74 Å². The van der Waals surface area contributed by atoms with Gasteiger partial charge in [0.25, 0.3) is 0 Å². The van der Waals surface area contributed by atoms with Crippen molar-refractivity contribution in [3.8, 4) is 5.75 Å². The Morgan fingerprint density at radius 3 is 2.73 bits per heavy atom. The van der Waals surface area contributed by atoms with Crippen LogP contribution in [-0.2, 0) is 0 Å². The van der Waals surface area contributed by atoms with Gasteiger partial charge in [0.1, 0.15) is 5.69 Å². The zero-order valence-electron chi connectivity index (χ0n) is 8.41. The minimum Gasteiger partial charge on any atom is -0.489 e. The predicted octanol–water partition coefficient (Wildman–Crippen LogP) is 2.80. The lowest BCUT2D eigenvalue weighted by atomic mass is 10.2. The van der Waals surface area contributed by atoms with Gasteiger partial charge in [-0.15, -0.1) is 0 Å². The van der Waals surface area contributed by atoms with E-state index in [2.05, 4.69) is 21.2 Å². The van der Waals surface area contributed by atoms with Gasteiger partial charge in [-0.05, 0) is 35.0 Å². The maximum absolute atomic E-state index is 10.9. The quantitative estimate of drug-likeness (QED) is 0.677. The average molecular weight is 275 g/mol. The van der Waals surface area contributed by atoms with Crippen LogP contribution in [0.3, 0.4) is 0 Å². The molecule has 0 amide bonds. The van der Waals surface area contributed by atoms with Crippen molar-refractivity contribution in [3.05, 3.63) is 26.7 Å². The average Bonchev–Trinajstić information content (AvgIpc) is 2.20. The normalized spacial score (nSPS) is 9.80. The molecule has 0 aliphatic carbocycles. The van der Waals surface area contributed by atoms with E-state index in [0.29, 0.717) is 16.7 Å². The highest BCUT2D eigenvalue weighted by molar-refractivity contribution is 9.10. The number of anilines is 1. The Morgan fingerprint density at radius 2 is 2.27 bits per heavy atom. The Balaban J connectivity index is 3.35. The summed E-state index contributed by atoms with van der Waals surface area (Å²) < 4.78 is 5.56. The molecule has 0 saturated heterocycles. The third-order valence-electron chi connectivity index (χ3n) is 1.84. The Morgan fingerprint density at radius 1 is 1.60 bits per heavy atom. The molecule has 82 valence electrons. The van der Waals surface area contributed by atoms with Gasteiger partial charge in [-0.2, -0.15) is 0 Å². The summed E-state index contributed by atoms with van der Waals surface area (Å²) in [6, 6.07) is 3.36. The molecule has 0 heterocycles. The molecule has 0 radical (unpaired) electrons. The first-order chi connectivity index (χ1) is 7.11. The maximum atomic E-state index is 10.9. The fraction of sp³-hybridized carbons (Fsp3) is 0.333. The second kappa shape index (κ2) is 4.97. The van der Waals surface area contributed by atoms with Crippen molar-refractivity contribution in [2.24, 2.45) is 0 Å². The third kappa shape index (κ3) is 2.38. The highest BCUT2D eigenvalue weighted by Gasteiger charge is 2.22. The lowest BCUT2D eigenvalue weighted by Gasteiger charge is -2.09. The highest BCUT2D eigenvalue weighted by atomic mass is 79.9. The second-order valence-electron chi connectivity index (χ2n) is 2.76. The molecule has 1 aromatic rings. The van der Waals surface area contributed by atoms with Crippen LogP contribution in [0.25, 0.3) is 0 Å². The van der Waals surface area contributed by atoms with Gasteiger partial charge in [-0.1, -0.05) is 0 Å². The minimum atomic E-state index is -0.457. The van der Waals surface area contributed by atoms with Crippen molar-refractivity contribution in [1.82, 2.24) is 0 Å². The summed E-state index contributed by atoms with van der Waals surface area (Å²) in [7, 11) is 1.41. The molecule has 1 aromatic carbocycles. The number of ether oxygens (including phenoxy) is 1. The van der Waals surface area contributed by atoms with E-state index >= 15 is 0 Å². The van der Waals surface area contributed by atoms with E-state index in [1.807, 2.05) is 6.92 Å². The van der Waals surface area contributed by atoms with Gasteiger partial charge in [0.05, 0.1) is 16.5 Å². The molecule has 0 bridgehead atoms. The Bertz CT molecular complexity index is 382. The zero-order valence-corrected chi connectivity index (χ0v) is 10.00. The largest absolute Gasteiger partial charge is 0.489 e. The van der Waals surface area contributed by atoms with Gasteiger partial charge >= 0.3 is 5.69 Å². The fourth-order valence-corrected chi connectivity index (χ4v) is 1.74. The Hall–Kier alpha value is -1.30. The molecule has 0 aliphatic rings. The van der Waals surface area contributed by atoms with Gasteiger partial charge in [0, 0.05) is 6.54 Å². The monoisotopic (exact) mass is 274 g/mol. The lowest BCUT2D eigenvalue weighted by Crippen LogP contribution is -2.03. The van der Waals surface area contributed by atoms with E-state index in [9.17, 15) is 10.1 Å². The Kier molecular flexibility index (Phi) is 3.90. The smallest absolute Gasteiger partial charge is 0.334 e. The van der Waals surface area contributed by atoms with Crippen LogP contribution in [-0.4, -0.2) is 18.6 Å². The van der Waals surface area contributed by atoms with Crippen LogP contribution in [0.4, 0.5) is 11.4 Å². The molecule has 0 atom stereocenters. The molecule has 0 saturated carbocycles.